The van der Waals surface area contributed by atoms with Crippen molar-refractivity contribution in [2.75, 3.05) is 19.3 Å². The van der Waals surface area contributed by atoms with E-state index in [-0.39, 0.29) is 6.04 Å². The van der Waals surface area contributed by atoms with Gasteiger partial charge in [0.15, 0.2) is 0 Å². The van der Waals surface area contributed by atoms with Gasteiger partial charge in [-0.25, -0.2) is 8.42 Å². The maximum absolute atomic E-state index is 11.2. The molecule has 0 atom stereocenters. The van der Waals surface area contributed by atoms with Gasteiger partial charge in [-0.2, -0.15) is 9.40 Å². The smallest absolute Gasteiger partial charge is 0.211 e. The minimum Gasteiger partial charge on any atom is -0.267 e. The number of sulfonamides is 1. The van der Waals surface area contributed by atoms with Gasteiger partial charge in [0.25, 0.3) is 0 Å². The summed E-state index contributed by atoms with van der Waals surface area (Å²) < 4.78 is 25.7. The van der Waals surface area contributed by atoms with Crippen LogP contribution in [0.2, 0.25) is 0 Å². The lowest BCUT2D eigenvalue weighted by Gasteiger charge is -2.37. The van der Waals surface area contributed by atoms with Crippen molar-refractivity contribution in [2.45, 2.75) is 25.8 Å². The minimum atomic E-state index is -3.02. The fourth-order valence-electron chi connectivity index (χ4n) is 1.71. The first-order valence-electron chi connectivity index (χ1n) is 5.37. The van der Waals surface area contributed by atoms with Crippen LogP contribution in [-0.4, -0.2) is 41.8 Å². The fourth-order valence-corrected chi connectivity index (χ4v) is 2.59. The van der Waals surface area contributed by atoms with Gasteiger partial charge < -0.3 is 0 Å². The average molecular weight is 243 g/mol. The van der Waals surface area contributed by atoms with Gasteiger partial charge in [0.05, 0.1) is 18.5 Å². The van der Waals surface area contributed by atoms with E-state index < -0.39 is 10.0 Å². The van der Waals surface area contributed by atoms with Crippen LogP contribution in [0.4, 0.5) is 0 Å². The zero-order valence-corrected chi connectivity index (χ0v) is 10.6. The fraction of sp³-hybridized carbons (Fsp3) is 0.700. The van der Waals surface area contributed by atoms with Gasteiger partial charge in [0.2, 0.25) is 10.0 Å². The largest absolute Gasteiger partial charge is 0.267 e. The third kappa shape index (κ3) is 2.12. The summed E-state index contributed by atoms with van der Waals surface area (Å²) in [7, 11) is -3.02. The molecule has 90 valence electrons. The number of aromatic nitrogens is 2. The molecule has 0 amide bonds. The van der Waals surface area contributed by atoms with E-state index in [0.29, 0.717) is 19.0 Å². The van der Waals surface area contributed by atoms with Crippen molar-refractivity contribution in [3.8, 4) is 0 Å². The Morgan fingerprint density at radius 3 is 2.50 bits per heavy atom. The van der Waals surface area contributed by atoms with Crippen LogP contribution in [0.1, 0.15) is 31.4 Å². The Kier molecular flexibility index (Phi) is 2.79. The second-order valence-electron chi connectivity index (χ2n) is 4.64. The number of nitrogens with zero attached hydrogens (tertiary/aromatic N) is 3. The van der Waals surface area contributed by atoms with Crippen molar-refractivity contribution in [2.24, 2.45) is 0 Å². The van der Waals surface area contributed by atoms with Crippen molar-refractivity contribution in [1.82, 2.24) is 14.1 Å². The molecule has 0 N–H and O–H groups in total. The van der Waals surface area contributed by atoms with E-state index in [9.17, 15) is 8.42 Å². The Balaban J connectivity index is 2.02. The molecule has 0 bridgehead atoms. The van der Waals surface area contributed by atoms with E-state index in [1.54, 1.807) is 0 Å². The average Bonchev–Trinajstić information content (AvgIpc) is 2.46. The molecule has 0 aliphatic carbocycles. The molecule has 1 aromatic rings. The predicted molar refractivity (Wildman–Crippen MR) is 61.8 cm³/mol. The summed E-state index contributed by atoms with van der Waals surface area (Å²) in [6.07, 6.45) is 5.11. The maximum Gasteiger partial charge on any atom is 0.211 e. The molecule has 0 radical (unpaired) electrons. The molecule has 0 spiro atoms. The molecular weight excluding hydrogens is 226 g/mol. The van der Waals surface area contributed by atoms with Crippen LogP contribution in [0.3, 0.4) is 0 Å². The summed E-state index contributed by atoms with van der Waals surface area (Å²) in [5, 5.41) is 4.27. The first-order chi connectivity index (χ1) is 7.38. The van der Waals surface area contributed by atoms with Gasteiger partial charge in [0, 0.05) is 19.3 Å². The van der Waals surface area contributed by atoms with Gasteiger partial charge in [-0.05, 0) is 11.5 Å². The van der Waals surface area contributed by atoms with E-state index in [4.69, 9.17) is 0 Å². The summed E-state index contributed by atoms with van der Waals surface area (Å²) in [6, 6.07) is 0.197. The van der Waals surface area contributed by atoms with Gasteiger partial charge in [-0.15, -0.1) is 0 Å². The lowest BCUT2D eigenvalue weighted by Crippen LogP contribution is -2.50. The van der Waals surface area contributed by atoms with Gasteiger partial charge in [-0.1, -0.05) is 13.8 Å². The maximum atomic E-state index is 11.2. The first kappa shape index (κ1) is 11.6. The van der Waals surface area contributed by atoms with Crippen molar-refractivity contribution < 1.29 is 8.42 Å². The van der Waals surface area contributed by atoms with E-state index in [1.165, 1.54) is 16.1 Å². The molecule has 5 nitrogen and oxygen atoms in total. The van der Waals surface area contributed by atoms with Crippen LogP contribution in [-0.2, 0) is 10.0 Å². The minimum absolute atomic E-state index is 0.197. The van der Waals surface area contributed by atoms with Crippen LogP contribution in [0.25, 0.3) is 0 Å². The Morgan fingerprint density at radius 1 is 1.44 bits per heavy atom. The summed E-state index contributed by atoms with van der Waals surface area (Å²) in [5.74, 6) is 0.458. The molecule has 1 aliphatic rings. The Morgan fingerprint density at radius 2 is 2.06 bits per heavy atom. The van der Waals surface area contributed by atoms with Crippen LogP contribution in [0.5, 0.6) is 0 Å². The van der Waals surface area contributed by atoms with Crippen molar-refractivity contribution >= 4 is 10.0 Å². The zero-order valence-electron chi connectivity index (χ0n) is 9.79. The highest BCUT2D eigenvalue weighted by Gasteiger charge is 2.34. The molecule has 16 heavy (non-hydrogen) atoms. The van der Waals surface area contributed by atoms with Crippen molar-refractivity contribution in [3.05, 3.63) is 18.0 Å². The van der Waals surface area contributed by atoms with Gasteiger partial charge in [-0.3, -0.25) is 4.68 Å². The zero-order chi connectivity index (χ0) is 11.9. The quantitative estimate of drug-likeness (QED) is 0.790. The standard InChI is InChI=1S/C10H17N3O2S/c1-8(2)9-4-11-13(5-9)10-6-12(7-10)16(3,14)15/h4-5,8,10H,6-7H2,1-3H3. The Bertz CT molecular complexity index is 472. The molecule has 2 heterocycles. The highest BCUT2D eigenvalue weighted by molar-refractivity contribution is 7.88. The second-order valence-corrected chi connectivity index (χ2v) is 6.62. The molecule has 2 rings (SSSR count). The monoisotopic (exact) mass is 243 g/mol. The van der Waals surface area contributed by atoms with E-state index in [2.05, 4.69) is 18.9 Å². The third-order valence-electron chi connectivity index (χ3n) is 2.96. The van der Waals surface area contributed by atoms with Gasteiger partial charge in [0.1, 0.15) is 0 Å². The summed E-state index contributed by atoms with van der Waals surface area (Å²) in [4.78, 5) is 0. The molecule has 0 saturated carbocycles. The summed E-state index contributed by atoms with van der Waals surface area (Å²) in [6.45, 7) is 5.31. The van der Waals surface area contributed by atoms with E-state index >= 15 is 0 Å². The molecule has 0 aromatic carbocycles. The lowest BCUT2D eigenvalue weighted by atomic mass is 10.1. The highest BCUT2D eigenvalue weighted by atomic mass is 32.2. The normalized spacial score (nSPS) is 19.0. The first-order valence-corrected chi connectivity index (χ1v) is 7.22. The topological polar surface area (TPSA) is 55.2 Å². The lowest BCUT2D eigenvalue weighted by molar-refractivity contribution is 0.192. The number of rotatable bonds is 3. The molecular formula is C10H17N3O2S. The number of hydrogen-bond acceptors (Lipinski definition) is 3. The predicted octanol–water partition coefficient (Wildman–Crippen LogP) is 0.823. The SMILES string of the molecule is CC(C)c1cnn(C2CN(S(C)(=O)=O)C2)c1. The highest BCUT2D eigenvalue weighted by Crippen LogP contribution is 2.24. The van der Waals surface area contributed by atoms with Crippen LogP contribution < -0.4 is 0 Å². The molecule has 1 aromatic heterocycles. The second kappa shape index (κ2) is 3.85. The summed E-state index contributed by atoms with van der Waals surface area (Å²) in [5.41, 5.74) is 1.19. The summed E-state index contributed by atoms with van der Waals surface area (Å²) >= 11 is 0. The van der Waals surface area contributed by atoms with Crippen LogP contribution in [0, 0.1) is 0 Å². The van der Waals surface area contributed by atoms with E-state index in [1.807, 2.05) is 17.1 Å². The molecule has 0 unspecified atom stereocenters. The van der Waals surface area contributed by atoms with Crippen LogP contribution in [0.15, 0.2) is 12.4 Å². The van der Waals surface area contributed by atoms with Crippen molar-refractivity contribution in [3.63, 3.8) is 0 Å². The van der Waals surface area contributed by atoms with Gasteiger partial charge >= 0.3 is 0 Å². The Hall–Kier alpha value is -0.880. The molecule has 6 heteroatoms. The third-order valence-corrected chi connectivity index (χ3v) is 4.20. The van der Waals surface area contributed by atoms with Crippen LogP contribution >= 0.6 is 0 Å². The Labute approximate surface area is 96.1 Å². The molecule has 1 saturated heterocycles. The number of hydrogen-bond donors (Lipinski definition) is 0. The molecule has 1 aliphatic heterocycles. The van der Waals surface area contributed by atoms with Crippen molar-refractivity contribution in [1.29, 1.82) is 0 Å². The molecule has 1 fully saturated rings. The van der Waals surface area contributed by atoms with E-state index in [0.717, 1.165) is 0 Å².